The number of Topliss-reactive ketones (excluding diaryl/α,β-unsaturated/α-hetero) is 1. The second kappa shape index (κ2) is 7.20. The van der Waals surface area contributed by atoms with Gasteiger partial charge in [-0.2, -0.15) is 0 Å². The molecule has 0 bridgehead atoms. The Hall–Kier alpha value is -1.19. The summed E-state index contributed by atoms with van der Waals surface area (Å²) in [5.41, 5.74) is 3.04. The summed E-state index contributed by atoms with van der Waals surface area (Å²) in [5, 5.41) is 3.53. The summed E-state index contributed by atoms with van der Waals surface area (Å²) in [5.74, 6) is 0.808. The van der Waals surface area contributed by atoms with E-state index in [-0.39, 0.29) is 11.5 Å². The van der Waals surface area contributed by atoms with Crippen LogP contribution in [0.4, 0.5) is 0 Å². The Morgan fingerprint density at radius 1 is 1.24 bits per heavy atom. The lowest BCUT2D eigenvalue weighted by molar-refractivity contribution is -0.132. The summed E-state index contributed by atoms with van der Waals surface area (Å²) in [6.45, 7) is 6.56. The van der Waals surface area contributed by atoms with Crippen molar-refractivity contribution in [3.63, 3.8) is 0 Å². The Morgan fingerprint density at radius 3 is 2.68 bits per heavy atom. The summed E-state index contributed by atoms with van der Waals surface area (Å²) < 4.78 is 0. The fourth-order valence-electron chi connectivity index (χ4n) is 5.13. The van der Waals surface area contributed by atoms with E-state index in [0.29, 0.717) is 11.7 Å². The van der Waals surface area contributed by atoms with Crippen LogP contribution in [0.5, 0.6) is 0 Å². The van der Waals surface area contributed by atoms with Crippen LogP contribution in [-0.2, 0) is 10.2 Å². The van der Waals surface area contributed by atoms with Crippen molar-refractivity contribution in [2.45, 2.75) is 63.3 Å². The molecule has 4 rings (SSSR count). The summed E-state index contributed by atoms with van der Waals surface area (Å²) in [7, 11) is 0. The Kier molecular flexibility index (Phi) is 4.97. The van der Waals surface area contributed by atoms with Crippen LogP contribution in [0.2, 0.25) is 0 Å². The zero-order chi connectivity index (χ0) is 17.3. The minimum absolute atomic E-state index is 0.00793. The van der Waals surface area contributed by atoms with Crippen molar-refractivity contribution in [1.29, 1.82) is 0 Å². The predicted molar refractivity (Wildman–Crippen MR) is 102 cm³/mol. The van der Waals surface area contributed by atoms with E-state index in [2.05, 4.69) is 41.4 Å². The number of fused-ring (bicyclic) bond motifs is 2. The highest BCUT2D eigenvalue weighted by Gasteiger charge is 2.47. The third-order valence-electron chi connectivity index (χ3n) is 6.83. The largest absolute Gasteiger partial charge is 0.317 e. The van der Waals surface area contributed by atoms with Gasteiger partial charge in [0.2, 0.25) is 0 Å². The average molecular weight is 341 g/mol. The van der Waals surface area contributed by atoms with Gasteiger partial charge in [0.05, 0.1) is 6.04 Å². The minimum atomic E-state index is 0.00793. The SMILES string of the molecule is CCCCN1CC2(CCNCC2)c2ccccc2[C@@H]1C(=O)C1CCC1. The van der Waals surface area contributed by atoms with Gasteiger partial charge in [0.15, 0.2) is 5.78 Å². The monoisotopic (exact) mass is 340 g/mol. The molecule has 0 unspecified atom stereocenters. The normalized spacial score (nSPS) is 26.2. The molecular weight excluding hydrogens is 308 g/mol. The molecular formula is C22H32N2O. The van der Waals surface area contributed by atoms with Crippen LogP contribution in [0.15, 0.2) is 24.3 Å². The number of hydrogen-bond acceptors (Lipinski definition) is 3. The first-order valence-electron chi connectivity index (χ1n) is 10.3. The molecule has 1 aromatic carbocycles. The van der Waals surface area contributed by atoms with E-state index in [4.69, 9.17) is 0 Å². The zero-order valence-electron chi connectivity index (χ0n) is 15.6. The number of nitrogens with one attached hydrogen (secondary N) is 1. The molecule has 3 aliphatic rings. The quantitative estimate of drug-likeness (QED) is 0.884. The van der Waals surface area contributed by atoms with Gasteiger partial charge in [0, 0.05) is 17.9 Å². The third-order valence-corrected chi connectivity index (χ3v) is 6.83. The highest BCUT2D eigenvalue weighted by atomic mass is 16.1. The summed E-state index contributed by atoms with van der Waals surface area (Å²) in [4.78, 5) is 15.9. The molecule has 0 radical (unpaired) electrons. The van der Waals surface area contributed by atoms with Gasteiger partial charge >= 0.3 is 0 Å². The highest BCUT2D eigenvalue weighted by molar-refractivity contribution is 5.89. The van der Waals surface area contributed by atoms with E-state index in [1.165, 1.54) is 43.2 Å². The number of carbonyl (C=O) groups excluding carboxylic acids is 1. The number of hydrogen-bond donors (Lipinski definition) is 1. The Morgan fingerprint density at radius 2 is 2.00 bits per heavy atom. The van der Waals surface area contributed by atoms with Crippen LogP contribution in [0.25, 0.3) is 0 Å². The van der Waals surface area contributed by atoms with Crippen molar-refractivity contribution < 1.29 is 4.79 Å². The third kappa shape index (κ3) is 3.06. The first-order valence-corrected chi connectivity index (χ1v) is 10.3. The molecule has 0 amide bonds. The molecule has 3 nitrogen and oxygen atoms in total. The summed E-state index contributed by atoms with van der Waals surface area (Å²) in [6.07, 6.45) is 8.20. The predicted octanol–water partition coefficient (Wildman–Crippen LogP) is 3.83. The van der Waals surface area contributed by atoms with Gasteiger partial charge in [-0.3, -0.25) is 9.69 Å². The standard InChI is InChI=1S/C22H32N2O/c1-2-3-15-24-16-22(11-13-23-14-12-22)19-10-5-4-9-18(19)20(24)21(25)17-7-6-8-17/h4-5,9-10,17,20,23H,2-3,6-8,11-16H2,1H3/t20-/m1/s1. The van der Waals surface area contributed by atoms with E-state index in [1.807, 2.05) is 0 Å². The Bertz CT molecular complexity index is 616. The number of nitrogens with zero attached hydrogens (tertiary/aromatic N) is 1. The summed E-state index contributed by atoms with van der Waals surface area (Å²) in [6, 6.07) is 8.89. The van der Waals surface area contributed by atoms with E-state index >= 15 is 0 Å². The molecule has 1 spiro atoms. The smallest absolute Gasteiger partial charge is 0.157 e. The second-order valence-electron chi connectivity index (χ2n) is 8.37. The van der Waals surface area contributed by atoms with Crippen molar-refractivity contribution >= 4 is 5.78 Å². The van der Waals surface area contributed by atoms with Crippen molar-refractivity contribution in [3.05, 3.63) is 35.4 Å². The molecule has 1 aromatic rings. The molecule has 0 aromatic heterocycles. The van der Waals surface area contributed by atoms with Gasteiger partial charge in [-0.25, -0.2) is 0 Å². The number of unbranched alkanes of at least 4 members (excludes halogenated alkanes) is 1. The lowest BCUT2D eigenvalue weighted by Crippen LogP contribution is -2.54. The molecule has 3 heteroatoms. The van der Waals surface area contributed by atoms with Crippen LogP contribution >= 0.6 is 0 Å². The molecule has 1 N–H and O–H groups in total. The first-order chi connectivity index (χ1) is 12.2. The van der Waals surface area contributed by atoms with E-state index in [1.54, 1.807) is 0 Å². The fourth-order valence-corrected chi connectivity index (χ4v) is 5.13. The molecule has 136 valence electrons. The van der Waals surface area contributed by atoms with Gasteiger partial charge in [-0.1, -0.05) is 44.0 Å². The van der Waals surface area contributed by atoms with Crippen LogP contribution in [0, 0.1) is 5.92 Å². The zero-order valence-corrected chi connectivity index (χ0v) is 15.6. The maximum Gasteiger partial charge on any atom is 0.157 e. The minimum Gasteiger partial charge on any atom is -0.317 e. The van der Waals surface area contributed by atoms with Gasteiger partial charge in [-0.05, 0) is 62.9 Å². The Balaban J connectivity index is 1.74. The second-order valence-corrected chi connectivity index (χ2v) is 8.37. The fraction of sp³-hybridized carbons (Fsp3) is 0.682. The van der Waals surface area contributed by atoms with Gasteiger partial charge in [-0.15, -0.1) is 0 Å². The van der Waals surface area contributed by atoms with Gasteiger partial charge in [0.25, 0.3) is 0 Å². The molecule has 2 heterocycles. The molecule has 2 aliphatic heterocycles. The molecule has 1 saturated carbocycles. The number of piperidine rings is 1. The van der Waals surface area contributed by atoms with Crippen LogP contribution in [0.1, 0.15) is 69.0 Å². The molecule has 1 atom stereocenters. The van der Waals surface area contributed by atoms with Gasteiger partial charge in [0.1, 0.15) is 0 Å². The maximum absolute atomic E-state index is 13.3. The first kappa shape index (κ1) is 17.2. The number of benzene rings is 1. The number of rotatable bonds is 5. The van der Waals surface area contributed by atoms with Crippen molar-refractivity contribution in [1.82, 2.24) is 10.2 Å². The molecule has 1 aliphatic carbocycles. The molecule has 1 saturated heterocycles. The summed E-state index contributed by atoms with van der Waals surface area (Å²) >= 11 is 0. The number of ketones is 1. The van der Waals surface area contributed by atoms with Crippen molar-refractivity contribution in [2.75, 3.05) is 26.2 Å². The van der Waals surface area contributed by atoms with Crippen LogP contribution in [0.3, 0.4) is 0 Å². The molecule has 2 fully saturated rings. The average Bonchev–Trinajstić information content (AvgIpc) is 2.59. The van der Waals surface area contributed by atoms with E-state index in [0.717, 1.165) is 39.0 Å². The lowest BCUT2D eigenvalue weighted by Gasteiger charge is -2.50. The van der Waals surface area contributed by atoms with Crippen molar-refractivity contribution in [2.24, 2.45) is 5.92 Å². The highest BCUT2D eigenvalue weighted by Crippen LogP contribution is 2.47. The van der Waals surface area contributed by atoms with E-state index < -0.39 is 0 Å². The van der Waals surface area contributed by atoms with Crippen LogP contribution < -0.4 is 5.32 Å². The topological polar surface area (TPSA) is 32.3 Å². The van der Waals surface area contributed by atoms with Crippen molar-refractivity contribution in [3.8, 4) is 0 Å². The maximum atomic E-state index is 13.3. The Labute approximate surface area is 152 Å². The van der Waals surface area contributed by atoms with E-state index in [9.17, 15) is 4.79 Å². The lowest BCUT2D eigenvalue weighted by atomic mass is 9.66. The number of carbonyl (C=O) groups is 1. The van der Waals surface area contributed by atoms with Crippen LogP contribution in [-0.4, -0.2) is 36.9 Å². The molecule has 25 heavy (non-hydrogen) atoms. The van der Waals surface area contributed by atoms with Gasteiger partial charge < -0.3 is 5.32 Å².